The monoisotopic (exact) mass is 439 g/mol. The molecule has 2 aliphatic heterocycles. The van der Waals surface area contributed by atoms with E-state index in [1.807, 2.05) is 0 Å². The average molecular weight is 440 g/mol. The summed E-state index contributed by atoms with van der Waals surface area (Å²) >= 11 is 0. The van der Waals surface area contributed by atoms with Crippen molar-refractivity contribution >= 4 is 5.84 Å². The molecule has 33 heavy (non-hydrogen) atoms. The number of amidine groups is 1. The van der Waals surface area contributed by atoms with Crippen molar-refractivity contribution < 1.29 is 0 Å². The van der Waals surface area contributed by atoms with Gasteiger partial charge in [-0.05, 0) is 69.4 Å². The van der Waals surface area contributed by atoms with Crippen LogP contribution < -0.4 is 0 Å². The molecule has 3 aliphatic rings. The third-order valence-corrected chi connectivity index (χ3v) is 7.44. The first-order chi connectivity index (χ1) is 16.2. The van der Waals surface area contributed by atoms with Gasteiger partial charge in [0.05, 0.1) is 6.54 Å². The van der Waals surface area contributed by atoms with Crippen LogP contribution in [-0.4, -0.2) is 54.9 Å². The fourth-order valence-electron chi connectivity index (χ4n) is 5.33. The molecule has 0 N–H and O–H groups in total. The molecule has 1 aliphatic carbocycles. The number of piperidine rings is 1. The summed E-state index contributed by atoms with van der Waals surface area (Å²) in [5.74, 6) is 2.29. The number of aryl methyl sites for hydroxylation is 1. The van der Waals surface area contributed by atoms with Gasteiger partial charge in [0.15, 0.2) is 0 Å². The average Bonchev–Trinajstić information content (AvgIpc) is 3.67. The molecule has 1 saturated heterocycles. The number of benzene rings is 2. The summed E-state index contributed by atoms with van der Waals surface area (Å²) in [7, 11) is 2.25. The maximum absolute atomic E-state index is 5.14. The zero-order valence-electron chi connectivity index (χ0n) is 20.2. The molecule has 2 aromatic carbocycles. The van der Waals surface area contributed by atoms with Crippen LogP contribution in [0.4, 0.5) is 0 Å². The van der Waals surface area contributed by atoms with Gasteiger partial charge >= 0.3 is 0 Å². The predicted octanol–water partition coefficient (Wildman–Crippen LogP) is 5.83. The van der Waals surface area contributed by atoms with Gasteiger partial charge in [-0.1, -0.05) is 78.4 Å². The Balaban J connectivity index is 1.50. The molecule has 1 atom stereocenters. The maximum Gasteiger partial charge on any atom is 0.103 e. The highest BCUT2D eigenvalue weighted by Gasteiger charge is 2.35. The molecule has 0 aromatic heterocycles. The van der Waals surface area contributed by atoms with Crippen LogP contribution in [0.2, 0.25) is 0 Å². The Hall–Kier alpha value is -2.65. The Morgan fingerprint density at radius 2 is 1.58 bits per heavy atom. The number of hydrogen-bond acceptors (Lipinski definition) is 3. The van der Waals surface area contributed by atoms with Gasteiger partial charge < -0.3 is 9.80 Å². The van der Waals surface area contributed by atoms with Gasteiger partial charge in [0.2, 0.25) is 0 Å². The van der Waals surface area contributed by atoms with Crippen molar-refractivity contribution in [1.29, 1.82) is 0 Å². The number of aliphatic imine (C=N–C) groups is 1. The van der Waals surface area contributed by atoms with E-state index in [4.69, 9.17) is 4.99 Å². The Morgan fingerprint density at radius 1 is 0.879 bits per heavy atom. The van der Waals surface area contributed by atoms with E-state index in [2.05, 4.69) is 96.6 Å². The second-order valence-corrected chi connectivity index (χ2v) is 10.0. The van der Waals surface area contributed by atoms with E-state index in [-0.39, 0.29) is 5.92 Å². The zero-order valence-corrected chi connectivity index (χ0v) is 20.2. The van der Waals surface area contributed by atoms with Crippen molar-refractivity contribution in [3.05, 3.63) is 95.1 Å². The van der Waals surface area contributed by atoms with Gasteiger partial charge in [0.25, 0.3) is 0 Å². The van der Waals surface area contributed by atoms with Gasteiger partial charge in [0, 0.05) is 24.4 Å². The minimum atomic E-state index is 0.241. The molecule has 2 aromatic rings. The lowest BCUT2D eigenvalue weighted by Gasteiger charge is -2.39. The van der Waals surface area contributed by atoms with Crippen LogP contribution in [0.25, 0.3) is 0 Å². The maximum atomic E-state index is 5.14. The molecular weight excluding hydrogens is 402 g/mol. The number of allylic oxidation sites excluding steroid dienone is 2. The summed E-state index contributed by atoms with van der Waals surface area (Å²) in [6.07, 6.45) is 12.2. The van der Waals surface area contributed by atoms with Gasteiger partial charge in [-0.25, -0.2) is 0 Å². The summed E-state index contributed by atoms with van der Waals surface area (Å²) in [4.78, 5) is 10.3. The van der Waals surface area contributed by atoms with Crippen LogP contribution >= 0.6 is 0 Å². The molecule has 3 nitrogen and oxygen atoms in total. The van der Waals surface area contributed by atoms with E-state index in [1.165, 1.54) is 66.9 Å². The minimum Gasteiger partial charge on any atom is -0.353 e. The Morgan fingerprint density at radius 3 is 2.27 bits per heavy atom. The van der Waals surface area contributed by atoms with Crippen LogP contribution in [0.3, 0.4) is 0 Å². The highest BCUT2D eigenvalue weighted by molar-refractivity contribution is 5.87. The molecule has 3 heteroatoms. The topological polar surface area (TPSA) is 18.8 Å². The third-order valence-electron chi connectivity index (χ3n) is 7.44. The first-order valence-corrected chi connectivity index (χ1v) is 12.7. The lowest BCUT2D eigenvalue weighted by atomic mass is 9.84. The lowest BCUT2D eigenvalue weighted by molar-refractivity contribution is 0.181. The van der Waals surface area contributed by atoms with Gasteiger partial charge in [-0.15, -0.1) is 0 Å². The van der Waals surface area contributed by atoms with Gasteiger partial charge in [-0.3, -0.25) is 4.99 Å². The molecule has 1 saturated carbocycles. The van der Waals surface area contributed by atoms with Crippen molar-refractivity contribution in [3.8, 4) is 0 Å². The fraction of sp³-hybridized carbons (Fsp3) is 0.433. The number of rotatable bonds is 5. The molecule has 172 valence electrons. The van der Waals surface area contributed by atoms with Crippen LogP contribution in [-0.2, 0) is 0 Å². The largest absolute Gasteiger partial charge is 0.353 e. The van der Waals surface area contributed by atoms with Crippen molar-refractivity contribution in [1.82, 2.24) is 9.80 Å². The van der Waals surface area contributed by atoms with Crippen molar-refractivity contribution in [2.45, 2.75) is 44.6 Å². The lowest BCUT2D eigenvalue weighted by Crippen LogP contribution is -2.47. The summed E-state index contributed by atoms with van der Waals surface area (Å²) in [6, 6.07) is 20.7. The molecule has 0 radical (unpaired) electrons. The summed E-state index contributed by atoms with van der Waals surface area (Å²) in [5.41, 5.74) is 5.40. The Labute approximate surface area is 199 Å². The molecular formula is C30H37N3. The second kappa shape index (κ2) is 10.1. The highest BCUT2D eigenvalue weighted by atomic mass is 15.2. The number of nitrogens with zero attached hydrogens (tertiary/aromatic N) is 3. The molecule has 5 rings (SSSR count). The van der Waals surface area contributed by atoms with Crippen molar-refractivity contribution in [2.24, 2.45) is 10.9 Å². The van der Waals surface area contributed by atoms with Crippen LogP contribution in [0.1, 0.15) is 48.3 Å². The predicted molar refractivity (Wildman–Crippen MR) is 139 cm³/mol. The minimum absolute atomic E-state index is 0.241. The van der Waals surface area contributed by atoms with Crippen molar-refractivity contribution in [2.75, 3.05) is 33.2 Å². The molecule has 1 unspecified atom stereocenters. The SMILES string of the molecule is Cc1ccc(C(C2=C/CN(C3CCN(C)CC3)/C(C3CC3)=N\C/C=C\2)c2ccccc2)cc1. The summed E-state index contributed by atoms with van der Waals surface area (Å²) in [6.45, 7) is 6.27. The Kier molecular flexibility index (Phi) is 6.78. The van der Waals surface area contributed by atoms with Crippen LogP contribution in [0, 0.1) is 12.8 Å². The standard InChI is InChI=1S/C30H37N3/c1-23-10-12-26(13-11-23)29(24-7-4-3-5-8-24)25-9-6-19-31-30(27-14-15-27)33(22-16-25)28-17-20-32(2)21-18-28/h3-13,16,27-29H,14-15,17-22H2,1-2H3/b9-6-,25-16+,31-30-. The summed E-state index contributed by atoms with van der Waals surface area (Å²) < 4.78 is 0. The molecule has 0 amide bonds. The Bertz CT molecular complexity index is 1010. The second-order valence-electron chi connectivity index (χ2n) is 10.0. The van der Waals surface area contributed by atoms with E-state index in [0.29, 0.717) is 12.0 Å². The molecule has 2 fully saturated rings. The molecule has 2 heterocycles. The normalized spacial score (nSPS) is 25.7. The van der Waals surface area contributed by atoms with E-state index in [1.54, 1.807) is 0 Å². The van der Waals surface area contributed by atoms with Crippen LogP contribution in [0.5, 0.6) is 0 Å². The number of likely N-dealkylation sites (tertiary alicyclic amines) is 1. The van der Waals surface area contributed by atoms with E-state index in [9.17, 15) is 0 Å². The van der Waals surface area contributed by atoms with Gasteiger partial charge in [-0.2, -0.15) is 0 Å². The smallest absolute Gasteiger partial charge is 0.103 e. The summed E-state index contributed by atoms with van der Waals surface area (Å²) in [5, 5.41) is 0. The van der Waals surface area contributed by atoms with Crippen molar-refractivity contribution in [3.63, 3.8) is 0 Å². The van der Waals surface area contributed by atoms with E-state index in [0.717, 1.165) is 13.1 Å². The zero-order chi connectivity index (χ0) is 22.6. The fourth-order valence-corrected chi connectivity index (χ4v) is 5.33. The first kappa shape index (κ1) is 22.2. The van der Waals surface area contributed by atoms with E-state index >= 15 is 0 Å². The molecule has 0 spiro atoms. The quantitative estimate of drug-likeness (QED) is 0.584. The highest BCUT2D eigenvalue weighted by Crippen LogP contribution is 2.36. The van der Waals surface area contributed by atoms with Gasteiger partial charge in [0.1, 0.15) is 5.84 Å². The molecule has 0 bridgehead atoms. The first-order valence-electron chi connectivity index (χ1n) is 12.7. The van der Waals surface area contributed by atoms with Crippen LogP contribution in [0.15, 0.2) is 83.4 Å². The van der Waals surface area contributed by atoms with E-state index < -0.39 is 0 Å². The number of hydrogen-bond donors (Lipinski definition) is 0. The third kappa shape index (κ3) is 5.30.